The van der Waals surface area contributed by atoms with Crippen LogP contribution in [0.5, 0.6) is 17.5 Å². The van der Waals surface area contributed by atoms with Crippen molar-refractivity contribution in [2.45, 2.75) is 58.2 Å². The van der Waals surface area contributed by atoms with Crippen molar-refractivity contribution in [2.24, 2.45) is 0 Å². The van der Waals surface area contributed by atoms with Crippen LogP contribution in [0.25, 0.3) is 0 Å². The van der Waals surface area contributed by atoms with E-state index in [1.165, 1.54) is 6.33 Å². The van der Waals surface area contributed by atoms with Crippen LogP contribution in [-0.4, -0.2) is 63.2 Å². The second-order valence-electron chi connectivity index (χ2n) is 9.53. The van der Waals surface area contributed by atoms with Crippen molar-refractivity contribution in [2.75, 3.05) is 26.3 Å². The molecule has 2 saturated heterocycles. The van der Waals surface area contributed by atoms with Gasteiger partial charge in [-0.05, 0) is 45.4 Å². The van der Waals surface area contributed by atoms with Gasteiger partial charge in [0, 0.05) is 31.8 Å². The Morgan fingerprint density at radius 2 is 1.69 bits per heavy atom. The normalized spacial score (nSPS) is 21.4. The minimum atomic E-state index is -1.66. The zero-order valence-electron chi connectivity index (χ0n) is 20.4. The molecule has 0 N–H and O–H groups in total. The summed E-state index contributed by atoms with van der Waals surface area (Å²) in [5.41, 5.74) is 1.19. The highest BCUT2D eigenvalue weighted by Crippen LogP contribution is 2.30. The molecule has 1 aromatic heterocycles. The van der Waals surface area contributed by atoms with Gasteiger partial charge in [0.1, 0.15) is 23.8 Å². The summed E-state index contributed by atoms with van der Waals surface area (Å²) >= 11 is -1.66. The summed E-state index contributed by atoms with van der Waals surface area (Å²) in [5.74, 6) is 1.51. The van der Waals surface area contributed by atoms with Gasteiger partial charge in [-0.2, -0.15) is 4.21 Å². The lowest BCUT2D eigenvalue weighted by molar-refractivity contribution is 0.0122. The number of hydrogen-bond donors (Lipinski definition) is 0. The number of carbonyl (C=O) groups excluding carboxylic acids is 1. The van der Waals surface area contributed by atoms with Crippen molar-refractivity contribution in [1.29, 1.82) is 0 Å². The van der Waals surface area contributed by atoms with Crippen molar-refractivity contribution in [3.63, 3.8) is 0 Å². The van der Waals surface area contributed by atoms with Crippen LogP contribution in [0.4, 0.5) is 4.79 Å². The molecule has 2 aliphatic heterocycles. The lowest BCUT2D eigenvalue weighted by Gasteiger charge is -2.33. The largest absolute Gasteiger partial charge is 0.474 e. The molecule has 2 aromatic rings. The average Bonchev–Trinajstić information content (AvgIpc) is 2.82. The summed E-state index contributed by atoms with van der Waals surface area (Å²) in [5, 5.41) is 0. The fourth-order valence-corrected chi connectivity index (χ4v) is 4.37. The van der Waals surface area contributed by atoms with Crippen LogP contribution in [0, 0.1) is 6.92 Å². The molecule has 0 bridgehead atoms. The number of ether oxygens (including phenoxy) is 3. The molecule has 11 heteroatoms. The second-order valence-corrected chi connectivity index (χ2v) is 10.4. The molecule has 1 amide bonds. The predicted molar refractivity (Wildman–Crippen MR) is 128 cm³/mol. The quantitative estimate of drug-likeness (QED) is 0.594. The maximum absolute atomic E-state index is 12.3. The number of amides is 1. The Bertz CT molecular complexity index is 1040. The summed E-state index contributed by atoms with van der Waals surface area (Å²) in [6, 6.07) is 7.53. The number of nitrogens with zero attached hydrogens (tertiary/aromatic N) is 3. The van der Waals surface area contributed by atoms with E-state index in [4.69, 9.17) is 22.6 Å². The number of likely N-dealkylation sites (tertiary alicyclic amines) is 1. The SMILES string of the molecule is Cc1c(Oc2ccc(C3COS(=O)OC3)cc2)ncnc1OC1CCN(C(=O)OC(C)(C)C)CC1. The molecule has 0 radical (unpaired) electrons. The molecule has 0 unspecified atom stereocenters. The van der Waals surface area contributed by atoms with Crippen LogP contribution in [0.1, 0.15) is 50.7 Å². The number of piperidine rings is 1. The van der Waals surface area contributed by atoms with E-state index in [-0.39, 0.29) is 18.1 Å². The third-order valence-electron chi connectivity index (χ3n) is 5.66. The second kappa shape index (κ2) is 10.9. The molecular weight excluding hydrogens is 474 g/mol. The highest BCUT2D eigenvalue weighted by Gasteiger charge is 2.28. The van der Waals surface area contributed by atoms with Gasteiger partial charge in [-0.25, -0.2) is 14.8 Å². The fourth-order valence-electron chi connectivity index (χ4n) is 3.75. The first kappa shape index (κ1) is 25.3. The van der Waals surface area contributed by atoms with Gasteiger partial charge in [-0.3, -0.25) is 8.37 Å². The monoisotopic (exact) mass is 505 g/mol. The van der Waals surface area contributed by atoms with Crippen LogP contribution in [-0.2, 0) is 24.5 Å². The molecule has 0 atom stereocenters. The summed E-state index contributed by atoms with van der Waals surface area (Å²) in [6.45, 7) is 9.24. The molecule has 2 fully saturated rings. The van der Waals surface area contributed by atoms with Crippen LogP contribution in [0.15, 0.2) is 30.6 Å². The first-order valence-corrected chi connectivity index (χ1v) is 12.6. The van der Waals surface area contributed by atoms with Crippen LogP contribution in [0.3, 0.4) is 0 Å². The first-order valence-electron chi connectivity index (χ1n) is 11.6. The topological polar surface area (TPSA) is 109 Å². The number of benzene rings is 1. The van der Waals surface area contributed by atoms with Gasteiger partial charge in [0.2, 0.25) is 11.8 Å². The zero-order valence-corrected chi connectivity index (χ0v) is 21.2. The van der Waals surface area contributed by atoms with Crippen LogP contribution >= 0.6 is 0 Å². The number of aromatic nitrogens is 2. The summed E-state index contributed by atoms with van der Waals surface area (Å²) < 4.78 is 38.9. The molecule has 0 aliphatic carbocycles. The maximum atomic E-state index is 12.3. The van der Waals surface area contributed by atoms with Gasteiger partial charge < -0.3 is 19.1 Å². The van der Waals surface area contributed by atoms with Crippen molar-refractivity contribution in [3.05, 3.63) is 41.7 Å². The summed E-state index contributed by atoms with van der Waals surface area (Å²) in [4.78, 5) is 22.5. The van der Waals surface area contributed by atoms with Crippen molar-refractivity contribution in [3.8, 4) is 17.5 Å². The summed E-state index contributed by atoms with van der Waals surface area (Å²) in [7, 11) is 0. The lowest BCUT2D eigenvalue weighted by Crippen LogP contribution is -2.44. The average molecular weight is 506 g/mol. The van der Waals surface area contributed by atoms with Gasteiger partial charge in [-0.1, -0.05) is 12.1 Å². The molecule has 10 nitrogen and oxygen atoms in total. The third kappa shape index (κ3) is 6.89. The molecule has 3 heterocycles. The fraction of sp³-hybridized carbons (Fsp3) is 0.542. The molecule has 190 valence electrons. The molecule has 2 aliphatic rings. The predicted octanol–water partition coefficient (Wildman–Crippen LogP) is 4.06. The molecule has 0 spiro atoms. The molecule has 4 rings (SSSR count). The third-order valence-corrected chi connectivity index (χ3v) is 6.32. The minimum Gasteiger partial charge on any atom is -0.474 e. The van der Waals surface area contributed by atoms with Crippen molar-refractivity contribution in [1.82, 2.24) is 14.9 Å². The Balaban J connectivity index is 1.33. The maximum Gasteiger partial charge on any atom is 0.410 e. The minimum absolute atomic E-state index is 0.0178. The number of hydrogen-bond acceptors (Lipinski definition) is 9. The Morgan fingerprint density at radius 1 is 1.06 bits per heavy atom. The Morgan fingerprint density at radius 3 is 2.31 bits per heavy atom. The summed E-state index contributed by atoms with van der Waals surface area (Å²) in [6.07, 6.45) is 2.42. The number of carbonyl (C=O) groups is 1. The molecule has 35 heavy (non-hydrogen) atoms. The van der Waals surface area contributed by atoms with E-state index in [1.807, 2.05) is 52.0 Å². The van der Waals surface area contributed by atoms with Crippen molar-refractivity contribution < 1.29 is 31.6 Å². The van der Waals surface area contributed by atoms with E-state index < -0.39 is 17.0 Å². The number of rotatable bonds is 5. The van der Waals surface area contributed by atoms with E-state index in [0.717, 1.165) is 5.56 Å². The highest BCUT2D eigenvalue weighted by molar-refractivity contribution is 7.75. The first-order chi connectivity index (χ1) is 16.7. The van der Waals surface area contributed by atoms with E-state index in [2.05, 4.69) is 9.97 Å². The Labute approximate surface area is 207 Å². The van der Waals surface area contributed by atoms with Gasteiger partial charge >= 0.3 is 17.5 Å². The zero-order chi connectivity index (χ0) is 25.0. The molecule has 0 saturated carbocycles. The molecule has 1 aromatic carbocycles. The van der Waals surface area contributed by atoms with Gasteiger partial charge in [0.25, 0.3) is 0 Å². The standard InChI is InChI=1S/C24H31N3O7S/c1-16-21(32-19-7-5-17(6-8-19)18-13-30-35(29)31-14-18)25-15-26-22(16)33-20-9-11-27(12-10-20)23(28)34-24(2,3)4/h5-8,15,18,20H,9-14H2,1-4H3. The lowest BCUT2D eigenvalue weighted by atomic mass is 10.0. The van der Waals surface area contributed by atoms with E-state index >= 15 is 0 Å². The Hall–Kier alpha value is -2.76. The van der Waals surface area contributed by atoms with Crippen LogP contribution in [0.2, 0.25) is 0 Å². The van der Waals surface area contributed by atoms with Crippen molar-refractivity contribution >= 4 is 17.5 Å². The highest BCUT2D eigenvalue weighted by atomic mass is 32.2. The van der Waals surface area contributed by atoms with Gasteiger partial charge in [-0.15, -0.1) is 0 Å². The van der Waals surface area contributed by atoms with Gasteiger partial charge in [0.05, 0.1) is 18.8 Å². The molecular formula is C24H31N3O7S. The van der Waals surface area contributed by atoms with Crippen LogP contribution < -0.4 is 9.47 Å². The smallest absolute Gasteiger partial charge is 0.410 e. The van der Waals surface area contributed by atoms with E-state index in [0.29, 0.717) is 62.2 Å². The van der Waals surface area contributed by atoms with E-state index in [9.17, 15) is 9.00 Å². The van der Waals surface area contributed by atoms with Gasteiger partial charge in [0.15, 0.2) is 0 Å². The van der Waals surface area contributed by atoms with E-state index in [1.54, 1.807) is 4.90 Å². The Kier molecular flexibility index (Phi) is 7.88.